The molecule has 10 heteroatoms. The van der Waals surface area contributed by atoms with Gasteiger partial charge in [0.25, 0.3) is 5.91 Å². The number of hydrogen-bond acceptors (Lipinski definition) is 8. The van der Waals surface area contributed by atoms with Crippen LogP contribution in [0.2, 0.25) is 0 Å². The molecule has 4 N–H and O–H groups in total. The van der Waals surface area contributed by atoms with E-state index in [1.807, 2.05) is 54.6 Å². The molecule has 0 radical (unpaired) electrons. The van der Waals surface area contributed by atoms with Gasteiger partial charge in [-0.1, -0.05) is 72.8 Å². The Morgan fingerprint density at radius 1 is 0.900 bits per heavy atom. The van der Waals surface area contributed by atoms with Crippen molar-refractivity contribution in [2.24, 2.45) is 9.98 Å². The number of hydrogen-bond donors (Lipinski definition) is 4. The summed E-state index contributed by atoms with van der Waals surface area (Å²) in [7, 11) is 0. The molecule has 0 saturated carbocycles. The summed E-state index contributed by atoms with van der Waals surface area (Å²) in [5, 5.41) is 6.53. The number of fused-ring (bicyclic) bond motifs is 2. The second-order valence-corrected chi connectivity index (χ2v) is 9.83. The molecule has 1 unspecified atom stereocenters. The van der Waals surface area contributed by atoms with E-state index in [-0.39, 0.29) is 11.9 Å². The number of morpholine rings is 1. The summed E-state index contributed by atoms with van der Waals surface area (Å²) in [6, 6.07) is 26.0. The van der Waals surface area contributed by atoms with E-state index in [0.717, 1.165) is 35.6 Å². The molecule has 3 aromatic carbocycles. The van der Waals surface area contributed by atoms with E-state index < -0.39 is 12.4 Å². The zero-order valence-electron chi connectivity index (χ0n) is 21.8. The van der Waals surface area contributed by atoms with Gasteiger partial charge in [0.1, 0.15) is 0 Å². The number of para-hydroxylation sites is 1. The van der Waals surface area contributed by atoms with Crippen molar-refractivity contribution in [3.05, 3.63) is 107 Å². The Kier molecular flexibility index (Phi) is 6.39. The van der Waals surface area contributed by atoms with Gasteiger partial charge in [-0.3, -0.25) is 10.2 Å². The molecule has 4 heterocycles. The molecule has 1 amide bonds. The zero-order valence-corrected chi connectivity index (χ0v) is 21.8. The van der Waals surface area contributed by atoms with Crippen LogP contribution in [0.4, 0.5) is 5.69 Å². The number of hydrazine groups is 1. The van der Waals surface area contributed by atoms with Gasteiger partial charge in [-0.25, -0.2) is 4.99 Å². The molecular weight excluding hydrogens is 506 g/mol. The predicted octanol–water partition coefficient (Wildman–Crippen LogP) is 2.41. The van der Waals surface area contributed by atoms with Crippen LogP contribution in [0.15, 0.2) is 94.5 Å². The van der Waals surface area contributed by atoms with Crippen LogP contribution in [-0.2, 0) is 20.8 Å². The first-order chi connectivity index (χ1) is 19.7. The van der Waals surface area contributed by atoms with Crippen LogP contribution in [0, 0.1) is 0 Å². The van der Waals surface area contributed by atoms with Crippen molar-refractivity contribution >= 4 is 29.0 Å². The highest BCUT2D eigenvalue weighted by atomic mass is 16.5. The maximum atomic E-state index is 13.3. The molecular formula is C30H29N7O3. The summed E-state index contributed by atoms with van der Waals surface area (Å²) >= 11 is 0. The maximum absolute atomic E-state index is 13.3. The number of rotatable bonds is 4. The number of carbonyl (C=O) groups is 1. The monoisotopic (exact) mass is 535 g/mol. The zero-order chi connectivity index (χ0) is 26.9. The molecule has 3 aromatic rings. The van der Waals surface area contributed by atoms with Crippen molar-refractivity contribution in [3.8, 4) is 0 Å². The number of amidine groups is 1. The molecule has 2 atom stereocenters. The minimum Gasteiger partial charge on any atom is -0.437 e. The summed E-state index contributed by atoms with van der Waals surface area (Å²) < 4.78 is 11.9. The molecule has 0 bridgehead atoms. The highest BCUT2D eigenvalue weighted by molar-refractivity contribution is 6.19. The van der Waals surface area contributed by atoms with E-state index in [4.69, 9.17) is 14.5 Å². The standard InChI is InChI=1S/C30H29N7O3/c38-28-27(33-24(19-8-2-1-3-9-19)22-12-6-7-13-23(22)32-28)34-30-36-35-29(40-30)25-26(37-14-16-39-17-15-37)21-11-5-4-10-20(21)18-31-25/h1-13,27,29,31,35H,14-18H2,(H,32,38)(H,34,36)/t27-,29?/m1/s1. The van der Waals surface area contributed by atoms with Crippen LogP contribution in [-0.4, -0.2) is 61.2 Å². The molecule has 40 heavy (non-hydrogen) atoms. The Hall–Kier alpha value is -4.67. The fourth-order valence-electron chi connectivity index (χ4n) is 5.43. The predicted molar refractivity (Wildman–Crippen MR) is 152 cm³/mol. The van der Waals surface area contributed by atoms with E-state index in [0.29, 0.717) is 31.2 Å². The lowest BCUT2D eigenvalue weighted by molar-refractivity contribution is -0.117. The van der Waals surface area contributed by atoms with Crippen molar-refractivity contribution in [2.75, 3.05) is 31.6 Å². The molecule has 2 fully saturated rings. The van der Waals surface area contributed by atoms with Crippen LogP contribution >= 0.6 is 0 Å². The fraction of sp³-hybridized carbons (Fsp3) is 0.233. The second-order valence-electron chi connectivity index (χ2n) is 9.83. The van der Waals surface area contributed by atoms with Crippen molar-refractivity contribution in [1.82, 2.24) is 21.1 Å². The van der Waals surface area contributed by atoms with Gasteiger partial charge in [-0.05, 0) is 11.6 Å². The quantitative estimate of drug-likeness (QED) is 0.406. The van der Waals surface area contributed by atoms with Gasteiger partial charge in [0.15, 0.2) is 0 Å². The van der Waals surface area contributed by atoms with Gasteiger partial charge in [-0.15, -0.1) is 0 Å². The van der Waals surface area contributed by atoms with Crippen LogP contribution < -0.4 is 21.5 Å². The lowest BCUT2D eigenvalue weighted by Gasteiger charge is -2.37. The number of nitrogens with zero attached hydrogens (tertiary/aromatic N) is 3. The van der Waals surface area contributed by atoms with Crippen molar-refractivity contribution in [3.63, 3.8) is 0 Å². The van der Waals surface area contributed by atoms with Gasteiger partial charge >= 0.3 is 6.02 Å². The van der Waals surface area contributed by atoms with Gasteiger partial charge in [-0.2, -0.15) is 10.4 Å². The summed E-state index contributed by atoms with van der Waals surface area (Å²) in [4.78, 5) is 25.0. The number of benzene rings is 3. The molecule has 0 aromatic heterocycles. The van der Waals surface area contributed by atoms with E-state index in [9.17, 15) is 4.79 Å². The minimum atomic E-state index is -1.04. The molecule has 7 rings (SSSR count). The number of benzodiazepines with no additional fused rings is 1. The Bertz CT molecular complexity index is 1530. The van der Waals surface area contributed by atoms with Crippen molar-refractivity contribution < 1.29 is 14.3 Å². The average Bonchev–Trinajstić information content (AvgIpc) is 3.43. The third kappa shape index (κ3) is 4.57. The molecule has 10 nitrogen and oxygen atoms in total. The smallest absolute Gasteiger partial charge is 0.304 e. The van der Waals surface area contributed by atoms with Crippen molar-refractivity contribution in [1.29, 1.82) is 0 Å². The Labute approximate surface area is 231 Å². The first-order valence-electron chi connectivity index (χ1n) is 13.4. The normalized spacial score (nSPS) is 23.2. The van der Waals surface area contributed by atoms with E-state index in [1.54, 1.807) is 0 Å². The van der Waals surface area contributed by atoms with Gasteiger partial charge in [0.05, 0.1) is 36.0 Å². The molecule has 202 valence electrons. The SMILES string of the molecule is O=C1Nc2ccccc2C(c2ccccc2)=N[C@@H]1/N=C1\NNC(C2=C(N3CCOCC3)c3ccccc3CN2)O1. The number of amides is 1. The summed E-state index contributed by atoms with van der Waals surface area (Å²) in [6.45, 7) is 3.60. The Morgan fingerprint density at radius 2 is 1.65 bits per heavy atom. The highest BCUT2D eigenvalue weighted by Crippen LogP contribution is 2.32. The lowest BCUT2D eigenvalue weighted by Crippen LogP contribution is -2.44. The molecule has 0 aliphatic carbocycles. The number of anilines is 1. The van der Waals surface area contributed by atoms with Crippen LogP contribution in [0.1, 0.15) is 22.3 Å². The van der Waals surface area contributed by atoms with Crippen molar-refractivity contribution in [2.45, 2.75) is 18.9 Å². The van der Waals surface area contributed by atoms with E-state index in [1.165, 1.54) is 11.1 Å². The van der Waals surface area contributed by atoms with Crippen LogP contribution in [0.3, 0.4) is 0 Å². The Morgan fingerprint density at radius 3 is 2.50 bits per heavy atom. The van der Waals surface area contributed by atoms with Gasteiger partial charge in [0.2, 0.25) is 12.4 Å². The largest absolute Gasteiger partial charge is 0.437 e. The molecule has 2 saturated heterocycles. The highest BCUT2D eigenvalue weighted by Gasteiger charge is 2.35. The van der Waals surface area contributed by atoms with E-state index in [2.05, 4.69) is 55.6 Å². The number of nitrogens with one attached hydrogen (secondary N) is 4. The van der Waals surface area contributed by atoms with E-state index >= 15 is 0 Å². The molecule has 4 aliphatic rings. The molecule has 0 spiro atoms. The fourth-order valence-corrected chi connectivity index (χ4v) is 5.43. The third-order valence-corrected chi connectivity index (χ3v) is 7.34. The van der Waals surface area contributed by atoms with Crippen LogP contribution in [0.25, 0.3) is 5.70 Å². The number of ether oxygens (including phenoxy) is 2. The first-order valence-corrected chi connectivity index (χ1v) is 13.4. The van der Waals surface area contributed by atoms with Gasteiger partial charge in [0, 0.05) is 36.3 Å². The third-order valence-electron chi connectivity index (χ3n) is 7.34. The Balaban J connectivity index is 1.22. The molecule has 4 aliphatic heterocycles. The first kappa shape index (κ1) is 24.4. The number of aliphatic imine (C=N–C) groups is 2. The summed E-state index contributed by atoms with van der Waals surface area (Å²) in [6.07, 6.45) is -1.58. The average molecular weight is 536 g/mol. The van der Waals surface area contributed by atoms with Gasteiger partial charge < -0.3 is 25.0 Å². The summed E-state index contributed by atoms with van der Waals surface area (Å²) in [5.74, 6) is -0.335. The lowest BCUT2D eigenvalue weighted by atomic mass is 9.97. The minimum absolute atomic E-state index is 0.196. The maximum Gasteiger partial charge on any atom is 0.304 e. The number of carbonyl (C=O) groups excluding carboxylic acids is 1. The van der Waals surface area contributed by atoms with Crippen LogP contribution in [0.5, 0.6) is 0 Å². The topological polar surface area (TPSA) is 112 Å². The second kappa shape index (κ2) is 10.5. The summed E-state index contributed by atoms with van der Waals surface area (Å²) in [5.41, 5.74) is 13.7.